The van der Waals surface area contributed by atoms with Crippen LogP contribution in [0.1, 0.15) is 96.2 Å². The lowest BCUT2D eigenvalue weighted by molar-refractivity contribution is 0.0538. The Morgan fingerprint density at radius 2 is 1.41 bits per heavy atom. The van der Waals surface area contributed by atoms with Crippen molar-refractivity contribution < 1.29 is 26.4 Å². The predicted octanol–water partition coefficient (Wildman–Crippen LogP) is 9.64. The van der Waals surface area contributed by atoms with Crippen LogP contribution < -0.4 is 20.1 Å². The van der Waals surface area contributed by atoms with Crippen LogP contribution in [-0.4, -0.2) is 88.4 Å². The number of alkyl halides is 1. The summed E-state index contributed by atoms with van der Waals surface area (Å²) < 4.78 is 53.7. The molecule has 2 saturated heterocycles. The molecule has 66 heavy (non-hydrogen) atoms. The summed E-state index contributed by atoms with van der Waals surface area (Å²) in [7, 11) is -7.03. The Labute approximate surface area is 415 Å². The minimum atomic E-state index is -3.58. The van der Waals surface area contributed by atoms with E-state index in [2.05, 4.69) is 55.2 Å². The standard InChI is InChI=1S/C21H23Cl2N5O3S.C13H19ClN4.C8H7Cl2NO3S.ClH/c1-12-4-7-18(17-9-19-24-20(23)13(2)11-28(19)25-17)27(10-12)21(29)15-8-14(22)5-6-16(15)26-32(3,30)31;1-8-3-4-10(15-6-8)11-5-12-16-13(14)9(2)7-18(12)17-11;1-15(13,14)11-7-3-2-5(9)4-6(7)8(10)12;/h5-6,8-9,11-12,18,26H,4,7,10H2,1-3H3;5,7-8,10,13,15-16H,3-4,6H2,1-2H3;2-4,11H,1H3;1H/t12-,18-;8-,10-,13?;;/m00../s1. The molecule has 0 bridgehead atoms. The van der Waals surface area contributed by atoms with Crippen molar-refractivity contribution in [2.75, 3.05) is 40.4 Å². The highest BCUT2D eigenvalue weighted by Gasteiger charge is 2.35. The Hall–Kier alpha value is -3.85. The van der Waals surface area contributed by atoms with E-state index >= 15 is 0 Å². The van der Waals surface area contributed by atoms with Gasteiger partial charge < -0.3 is 15.5 Å². The van der Waals surface area contributed by atoms with Crippen molar-refractivity contribution in [2.24, 2.45) is 11.8 Å². The summed E-state index contributed by atoms with van der Waals surface area (Å²) in [5.41, 5.74) is 4.71. The maximum absolute atomic E-state index is 13.7. The number of benzene rings is 2. The highest BCUT2D eigenvalue weighted by Crippen LogP contribution is 2.36. The number of fused-ring (bicyclic) bond motifs is 2. The zero-order valence-electron chi connectivity index (χ0n) is 36.7. The molecular weight excluding hydrogens is 1020 g/mol. The normalized spacial score (nSPS) is 20.5. The van der Waals surface area contributed by atoms with Crippen molar-refractivity contribution in [1.82, 2.24) is 34.6 Å². The molecule has 0 radical (unpaired) electrons. The van der Waals surface area contributed by atoms with Gasteiger partial charge in [0, 0.05) is 46.7 Å². The highest BCUT2D eigenvalue weighted by atomic mass is 35.5. The van der Waals surface area contributed by atoms with E-state index in [1.54, 1.807) is 21.7 Å². The Bertz CT molecular complexity index is 2810. The van der Waals surface area contributed by atoms with Crippen LogP contribution in [0.4, 0.5) is 17.2 Å². The number of carbonyl (C=O) groups is 2. The van der Waals surface area contributed by atoms with Crippen LogP contribution in [0.25, 0.3) is 11.8 Å². The number of nitrogens with zero attached hydrogens (tertiary/aromatic N) is 6. The van der Waals surface area contributed by atoms with E-state index in [0.717, 1.165) is 66.9 Å². The Kier molecular flexibility index (Phi) is 17.7. The molecule has 8 rings (SSSR count). The van der Waals surface area contributed by atoms with Crippen molar-refractivity contribution in [3.8, 4) is 0 Å². The number of anilines is 3. The molecule has 1 amide bonds. The predicted molar refractivity (Wildman–Crippen MR) is 267 cm³/mol. The number of carbonyl (C=O) groups excluding carboxylic acids is 2. The van der Waals surface area contributed by atoms with Crippen LogP contribution in [0.15, 0.2) is 60.3 Å². The first-order valence-corrected chi connectivity index (χ1v) is 26.2. The Morgan fingerprint density at radius 3 is 2.00 bits per heavy atom. The zero-order chi connectivity index (χ0) is 47.5. The quantitative estimate of drug-likeness (QED) is 0.0499. The topological polar surface area (TPSA) is 202 Å². The van der Waals surface area contributed by atoms with Gasteiger partial charge in [-0.05, 0) is 111 Å². The number of aryl methyl sites for hydroxylation is 1. The smallest absolute Gasteiger partial charge is 0.256 e. The van der Waals surface area contributed by atoms with Gasteiger partial charge in [0.2, 0.25) is 20.0 Å². The number of amides is 1. The third-order valence-electron chi connectivity index (χ3n) is 10.8. The van der Waals surface area contributed by atoms with Gasteiger partial charge in [-0.3, -0.25) is 19.0 Å². The van der Waals surface area contributed by atoms with Gasteiger partial charge in [-0.1, -0.05) is 60.3 Å². The van der Waals surface area contributed by atoms with Crippen LogP contribution in [0.2, 0.25) is 15.2 Å². The number of sulfonamides is 2. The van der Waals surface area contributed by atoms with Crippen LogP contribution >= 0.6 is 70.4 Å². The molecule has 24 heteroatoms. The van der Waals surface area contributed by atoms with Crippen molar-refractivity contribution in [1.29, 1.82) is 0 Å². The van der Waals surface area contributed by atoms with Gasteiger partial charge in [0.1, 0.15) is 16.5 Å². The van der Waals surface area contributed by atoms with Crippen molar-refractivity contribution in [3.05, 3.63) is 104 Å². The minimum absolute atomic E-state index is 0. The summed E-state index contributed by atoms with van der Waals surface area (Å²) in [4.78, 5) is 30.8. The van der Waals surface area contributed by atoms with Crippen LogP contribution in [-0.2, 0) is 20.0 Å². The maximum atomic E-state index is 13.7. The fourth-order valence-corrected chi connectivity index (χ4v) is 9.46. The van der Waals surface area contributed by atoms with Crippen molar-refractivity contribution >= 4 is 131 Å². The largest absolute Gasteiger partial charge is 0.350 e. The van der Waals surface area contributed by atoms with E-state index in [9.17, 15) is 26.4 Å². The maximum Gasteiger partial charge on any atom is 0.256 e. The second-order valence-electron chi connectivity index (χ2n) is 16.6. The van der Waals surface area contributed by atoms with Gasteiger partial charge in [0.25, 0.3) is 11.1 Å². The molecule has 4 N–H and O–H groups in total. The summed E-state index contributed by atoms with van der Waals surface area (Å²) in [5, 5.41) is 16.4. The number of hydrogen-bond donors (Lipinski definition) is 4. The van der Waals surface area contributed by atoms with Gasteiger partial charge in [-0.2, -0.15) is 10.2 Å². The molecule has 358 valence electrons. The van der Waals surface area contributed by atoms with Gasteiger partial charge in [0.15, 0.2) is 5.65 Å². The van der Waals surface area contributed by atoms with Crippen LogP contribution in [0.3, 0.4) is 0 Å². The third-order valence-corrected chi connectivity index (χ3v) is 13.5. The summed E-state index contributed by atoms with van der Waals surface area (Å²) in [6.45, 7) is 9.81. The molecule has 5 atom stereocenters. The second kappa shape index (κ2) is 22.1. The lowest BCUT2D eigenvalue weighted by atomic mass is 9.91. The Morgan fingerprint density at radius 1 is 0.803 bits per heavy atom. The fraction of sp³-hybridized carbons (Fsp3) is 0.405. The van der Waals surface area contributed by atoms with E-state index in [1.165, 1.54) is 36.8 Å². The molecule has 3 aromatic heterocycles. The first-order valence-electron chi connectivity index (χ1n) is 20.4. The monoisotopic (exact) mass is 1060 g/mol. The summed E-state index contributed by atoms with van der Waals surface area (Å²) >= 11 is 29.4. The molecular formula is C42H50Cl6N10O6S2. The lowest BCUT2D eigenvalue weighted by Crippen LogP contribution is -2.42. The molecule has 6 heterocycles. The van der Waals surface area contributed by atoms with Crippen molar-refractivity contribution in [3.63, 3.8) is 0 Å². The van der Waals surface area contributed by atoms with Crippen molar-refractivity contribution in [2.45, 2.75) is 71.0 Å². The van der Waals surface area contributed by atoms with E-state index in [1.807, 2.05) is 30.8 Å². The number of piperidine rings is 2. The number of rotatable bonds is 8. The molecule has 0 spiro atoms. The summed E-state index contributed by atoms with van der Waals surface area (Å²) in [6, 6.07) is 12.7. The molecule has 0 saturated carbocycles. The van der Waals surface area contributed by atoms with Crippen LogP contribution in [0, 0.1) is 18.8 Å². The van der Waals surface area contributed by atoms with Gasteiger partial charge >= 0.3 is 0 Å². The first kappa shape index (κ1) is 53.1. The lowest BCUT2D eigenvalue weighted by Gasteiger charge is -2.38. The molecule has 16 nitrogen and oxygen atoms in total. The number of likely N-dealkylation sites (tertiary alicyclic amines) is 1. The summed E-state index contributed by atoms with van der Waals surface area (Å²) in [5.74, 6) is 1.73. The Balaban J connectivity index is 0.000000203. The number of halogens is 6. The third kappa shape index (κ3) is 13.9. The molecule has 0 aliphatic carbocycles. The molecule has 3 aliphatic heterocycles. The number of hydrogen-bond acceptors (Lipinski definition) is 11. The van der Waals surface area contributed by atoms with Gasteiger partial charge in [-0.25, -0.2) is 31.0 Å². The molecule has 2 fully saturated rings. The molecule has 1 unspecified atom stereocenters. The van der Waals surface area contributed by atoms with Crippen LogP contribution in [0.5, 0.6) is 0 Å². The number of nitrogens with one attached hydrogen (secondary N) is 4. The fourth-order valence-electron chi connectivity index (χ4n) is 7.50. The molecule has 2 aromatic carbocycles. The van der Waals surface area contributed by atoms with Gasteiger partial charge in [0.05, 0.1) is 58.5 Å². The second-order valence-corrected chi connectivity index (χ2v) is 22.1. The highest BCUT2D eigenvalue weighted by molar-refractivity contribution is 7.92. The minimum Gasteiger partial charge on any atom is -0.350 e. The summed E-state index contributed by atoms with van der Waals surface area (Å²) in [6.07, 6.45) is 9.89. The van der Waals surface area contributed by atoms with E-state index < -0.39 is 25.3 Å². The molecule has 3 aliphatic rings. The van der Waals surface area contributed by atoms with Gasteiger partial charge in [-0.15, -0.1) is 12.4 Å². The van der Waals surface area contributed by atoms with E-state index in [4.69, 9.17) is 58.0 Å². The first-order chi connectivity index (χ1) is 30.4. The SMILES string of the molecule is CC1=Cn2nc([C@@H]3CC[C@H](C)CN3)cc2NC1Cl.CS(=O)(=O)Nc1ccc(Cl)cc1C(=O)Cl.Cc1cn2nc([C@@H]3CC[C@H](C)CN3C(=O)c3cc(Cl)ccc3NS(C)(=O)=O)cc2nc1Cl.Cl. The number of aromatic nitrogens is 5. The average molecular weight is 1070 g/mol. The molecule has 5 aromatic rings. The van der Waals surface area contributed by atoms with E-state index in [-0.39, 0.29) is 58.3 Å². The average Bonchev–Trinajstić information content (AvgIpc) is 3.82. The zero-order valence-corrected chi connectivity index (χ0v) is 42.9. The van der Waals surface area contributed by atoms with E-state index in [0.29, 0.717) is 39.1 Å².